The SMILES string of the molecule is Cc1cc(C)n2nc(SCc3ccccc3C(=O)N3CCc4ccccc43)nc2n1. The Hall–Kier alpha value is -3.19. The largest absolute Gasteiger partial charge is 0.308 e. The van der Waals surface area contributed by atoms with E-state index in [1.54, 1.807) is 4.52 Å². The van der Waals surface area contributed by atoms with Crippen molar-refractivity contribution in [1.82, 2.24) is 19.6 Å². The topological polar surface area (TPSA) is 63.4 Å². The molecule has 0 unspecified atom stereocenters. The lowest BCUT2D eigenvalue weighted by molar-refractivity contribution is 0.0988. The average molecular weight is 416 g/mol. The van der Waals surface area contributed by atoms with Crippen LogP contribution in [0.4, 0.5) is 5.69 Å². The third-order valence-corrected chi connectivity index (χ3v) is 6.22. The summed E-state index contributed by atoms with van der Waals surface area (Å²) in [5, 5.41) is 5.22. The highest BCUT2D eigenvalue weighted by Gasteiger charge is 2.26. The van der Waals surface area contributed by atoms with E-state index in [4.69, 9.17) is 0 Å². The molecule has 2 aromatic heterocycles. The van der Waals surface area contributed by atoms with E-state index in [1.807, 2.05) is 67.3 Å². The minimum atomic E-state index is 0.0484. The first-order chi connectivity index (χ1) is 14.6. The summed E-state index contributed by atoms with van der Waals surface area (Å²) in [5.41, 5.74) is 5.88. The molecule has 2 aromatic carbocycles. The van der Waals surface area contributed by atoms with Crippen molar-refractivity contribution in [3.05, 3.63) is 82.7 Å². The van der Waals surface area contributed by atoms with E-state index < -0.39 is 0 Å². The van der Waals surface area contributed by atoms with Gasteiger partial charge in [-0.2, -0.15) is 4.98 Å². The van der Waals surface area contributed by atoms with Gasteiger partial charge in [-0.1, -0.05) is 48.2 Å². The van der Waals surface area contributed by atoms with Crippen LogP contribution in [0, 0.1) is 13.8 Å². The fourth-order valence-electron chi connectivity index (χ4n) is 3.90. The second-order valence-corrected chi connectivity index (χ2v) is 8.37. The molecule has 0 aliphatic carbocycles. The Morgan fingerprint density at radius 1 is 1.07 bits per heavy atom. The summed E-state index contributed by atoms with van der Waals surface area (Å²) in [6.07, 6.45) is 0.899. The molecule has 0 fully saturated rings. The second-order valence-electron chi connectivity index (χ2n) is 7.43. The molecule has 0 radical (unpaired) electrons. The summed E-state index contributed by atoms with van der Waals surface area (Å²) in [7, 11) is 0. The highest BCUT2D eigenvalue weighted by molar-refractivity contribution is 7.98. The number of carbonyl (C=O) groups is 1. The molecule has 0 saturated carbocycles. The van der Waals surface area contributed by atoms with Crippen molar-refractivity contribution >= 4 is 29.1 Å². The molecule has 4 aromatic rings. The Bertz CT molecular complexity index is 1270. The van der Waals surface area contributed by atoms with Crippen LogP contribution < -0.4 is 4.90 Å². The fraction of sp³-hybridized carbons (Fsp3) is 0.217. The van der Waals surface area contributed by atoms with Gasteiger partial charge in [0.2, 0.25) is 5.16 Å². The van der Waals surface area contributed by atoms with Crippen LogP contribution in [0.5, 0.6) is 0 Å². The van der Waals surface area contributed by atoms with E-state index in [0.717, 1.165) is 41.2 Å². The normalized spacial score (nSPS) is 13.1. The van der Waals surface area contributed by atoms with Crippen LogP contribution in [0.1, 0.15) is 32.9 Å². The maximum Gasteiger partial charge on any atom is 0.258 e. The summed E-state index contributed by atoms with van der Waals surface area (Å²) >= 11 is 1.52. The molecule has 150 valence electrons. The molecule has 5 rings (SSSR count). The Kier molecular flexibility index (Phi) is 4.75. The number of thioether (sulfide) groups is 1. The first-order valence-electron chi connectivity index (χ1n) is 9.91. The van der Waals surface area contributed by atoms with E-state index in [9.17, 15) is 4.79 Å². The summed E-state index contributed by atoms with van der Waals surface area (Å²) in [4.78, 5) is 24.2. The minimum absolute atomic E-state index is 0.0484. The van der Waals surface area contributed by atoms with Gasteiger partial charge in [-0.3, -0.25) is 4.79 Å². The van der Waals surface area contributed by atoms with Gasteiger partial charge in [-0.15, -0.1) is 5.10 Å². The molecular formula is C23H21N5OS. The average Bonchev–Trinajstić information content (AvgIpc) is 3.36. The number of aromatic nitrogens is 4. The Morgan fingerprint density at radius 3 is 2.77 bits per heavy atom. The monoisotopic (exact) mass is 415 g/mol. The lowest BCUT2D eigenvalue weighted by Gasteiger charge is -2.19. The van der Waals surface area contributed by atoms with Crippen LogP contribution in [0.3, 0.4) is 0 Å². The number of carbonyl (C=O) groups excluding carboxylic acids is 1. The number of para-hydroxylation sites is 1. The molecule has 0 atom stereocenters. The second kappa shape index (κ2) is 7.57. The van der Waals surface area contributed by atoms with Crippen molar-refractivity contribution < 1.29 is 4.79 Å². The molecule has 1 aliphatic heterocycles. The number of aryl methyl sites for hydroxylation is 2. The standard InChI is InChI=1S/C23H21N5OS/c1-15-13-16(2)28-22(24-15)25-23(26-28)30-14-18-8-3-5-9-19(18)21(29)27-12-11-17-7-4-6-10-20(17)27/h3-10,13H,11-12,14H2,1-2H3. The Labute approximate surface area is 179 Å². The molecule has 30 heavy (non-hydrogen) atoms. The van der Waals surface area contributed by atoms with Crippen LogP contribution in [0.25, 0.3) is 5.78 Å². The van der Waals surface area contributed by atoms with Crippen LogP contribution in [0.15, 0.2) is 59.8 Å². The first kappa shape index (κ1) is 18.8. The van der Waals surface area contributed by atoms with E-state index in [1.165, 1.54) is 17.3 Å². The van der Waals surface area contributed by atoms with Crippen LogP contribution >= 0.6 is 11.8 Å². The summed E-state index contributed by atoms with van der Waals surface area (Å²) < 4.78 is 1.76. The molecule has 0 spiro atoms. The maximum atomic E-state index is 13.3. The van der Waals surface area contributed by atoms with Crippen molar-refractivity contribution in [3.8, 4) is 0 Å². The highest BCUT2D eigenvalue weighted by Crippen LogP contribution is 2.30. The molecule has 6 nitrogen and oxygen atoms in total. The van der Waals surface area contributed by atoms with Crippen molar-refractivity contribution in [3.63, 3.8) is 0 Å². The smallest absolute Gasteiger partial charge is 0.258 e. The molecule has 3 heterocycles. The maximum absolute atomic E-state index is 13.3. The molecular weight excluding hydrogens is 394 g/mol. The highest BCUT2D eigenvalue weighted by atomic mass is 32.2. The van der Waals surface area contributed by atoms with Gasteiger partial charge in [0.05, 0.1) is 0 Å². The molecule has 0 bridgehead atoms. The number of nitrogens with zero attached hydrogens (tertiary/aromatic N) is 5. The van der Waals surface area contributed by atoms with Gasteiger partial charge in [-0.25, -0.2) is 9.50 Å². The van der Waals surface area contributed by atoms with Gasteiger partial charge in [0.15, 0.2) is 0 Å². The van der Waals surface area contributed by atoms with Gasteiger partial charge < -0.3 is 4.90 Å². The van der Waals surface area contributed by atoms with Gasteiger partial charge in [0.1, 0.15) is 0 Å². The molecule has 0 saturated heterocycles. The third-order valence-electron chi connectivity index (χ3n) is 5.34. The van der Waals surface area contributed by atoms with Crippen molar-refractivity contribution in [2.24, 2.45) is 0 Å². The number of amides is 1. The molecule has 7 heteroatoms. The summed E-state index contributed by atoms with van der Waals surface area (Å²) in [6, 6.07) is 17.9. The predicted molar refractivity (Wildman–Crippen MR) is 118 cm³/mol. The lowest BCUT2D eigenvalue weighted by Crippen LogP contribution is -2.29. The number of anilines is 1. The molecule has 0 N–H and O–H groups in total. The Balaban J connectivity index is 1.39. The summed E-state index contributed by atoms with van der Waals surface area (Å²) in [5.74, 6) is 1.27. The van der Waals surface area contributed by atoms with Gasteiger partial charge in [0.25, 0.3) is 11.7 Å². The Morgan fingerprint density at radius 2 is 1.87 bits per heavy atom. The van der Waals surface area contributed by atoms with Gasteiger partial charge in [0, 0.05) is 34.9 Å². The number of fused-ring (bicyclic) bond motifs is 2. The van der Waals surface area contributed by atoms with Gasteiger partial charge >= 0.3 is 0 Å². The van der Waals surface area contributed by atoms with Gasteiger partial charge in [-0.05, 0) is 49.6 Å². The zero-order valence-electron chi connectivity index (χ0n) is 16.9. The minimum Gasteiger partial charge on any atom is -0.308 e. The zero-order chi connectivity index (χ0) is 20.7. The van der Waals surface area contributed by atoms with E-state index >= 15 is 0 Å². The molecule has 1 amide bonds. The number of hydrogen-bond acceptors (Lipinski definition) is 5. The number of hydrogen-bond donors (Lipinski definition) is 0. The van der Waals surface area contributed by atoms with Crippen LogP contribution in [-0.2, 0) is 12.2 Å². The summed E-state index contributed by atoms with van der Waals surface area (Å²) in [6.45, 7) is 4.66. The number of rotatable bonds is 4. The van der Waals surface area contributed by atoms with Crippen LogP contribution in [-0.4, -0.2) is 32.0 Å². The van der Waals surface area contributed by atoms with E-state index in [2.05, 4.69) is 21.1 Å². The van der Waals surface area contributed by atoms with Crippen molar-refractivity contribution in [2.45, 2.75) is 31.2 Å². The van der Waals surface area contributed by atoms with E-state index in [-0.39, 0.29) is 5.91 Å². The molecule has 1 aliphatic rings. The quantitative estimate of drug-likeness (QED) is 0.467. The third kappa shape index (κ3) is 3.35. The van der Waals surface area contributed by atoms with Crippen molar-refractivity contribution in [2.75, 3.05) is 11.4 Å². The first-order valence-corrected chi connectivity index (χ1v) is 10.9. The zero-order valence-corrected chi connectivity index (χ0v) is 17.7. The van der Waals surface area contributed by atoms with Crippen molar-refractivity contribution in [1.29, 1.82) is 0 Å². The number of benzene rings is 2. The van der Waals surface area contributed by atoms with E-state index in [0.29, 0.717) is 16.7 Å². The fourth-order valence-corrected chi connectivity index (χ4v) is 4.72. The predicted octanol–water partition coefficient (Wildman–Crippen LogP) is 4.24. The lowest BCUT2D eigenvalue weighted by atomic mass is 10.1. The van der Waals surface area contributed by atoms with Crippen LogP contribution in [0.2, 0.25) is 0 Å².